The van der Waals surface area contributed by atoms with Crippen LogP contribution in [0.1, 0.15) is 17.5 Å². The zero-order valence-corrected chi connectivity index (χ0v) is 14.9. The van der Waals surface area contributed by atoms with Crippen molar-refractivity contribution in [2.24, 2.45) is 0 Å². The van der Waals surface area contributed by atoms with Crippen molar-refractivity contribution in [2.75, 3.05) is 23.6 Å². The van der Waals surface area contributed by atoms with E-state index in [9.17, 15) is 18.8 Å². The van der Waals surface area contributed by atoms with Gasteiger partial charge in [0.15, 0.2) is 0 Å². The van der Waals surface area contributed by atoms with E-state index in [0.717, 1.165) is 36.2 Å². The van der Waals surface area contributed by atoms with Crippen LogP contribution in [0.4, 0.5) is 25.0 Å². The number of nitrogens with zero attached hydrogens (tertiary/aromatic N) is 2. The SMILES string of the molecule is CNC(=O)N(O)c1ccc2c(c1)CCCN2Cc1cccc(OC(F)F)c1. The first-order valence-corrected chi connectivity index (χ1v) is 8.60. The number of hydrogen-bond donors (Lipinski definition) is 2. The fraction of sp³-hybridized carbons (Fsp3) is 0.316. The molecule has 8 heteroatoms. The Kier molecular flexibility index (Phi) is 5.75. The average molecular weight is 377 g/mol. The standard InChI is InChI=1S/C19H21F2N3O3/c1-22-19(25)24(26)15-7-8-17-14(11-15)5-3-9-23(17)12-13-4-2-6-16(10-13)27-18(20)21/h2,4,6-8,10-11,18,26H,3,5,9,12H2,1H3,(H,22,25). The van der Waals surface area contributed by atoms with Crippen molar-refractivity contribution in [1.82, 2.24) is 5.32 Å². The van der Waals surface area contributed by atoms with E-state index < -0.39 is 12.6 Å². The quantitative estimate of drug-likeness (QED) is 0.615. The Balaban J connectivity index is 1.79. The summed E-state index contributed by atoms with van der Waals surface area (Å²) in [4.78, 5) is 13.7. The van der Waals surface area contributed by atoms with Crippen LogP contribution in [0.2, 0.25) is 0 Å². The van der Waals surface area contributed by atoms with Gasteiger partial charge < -0.3 is 15.0 Å². The summed E-state index contributed by atoms with van der Waals surface area (Å²) in [5.41, 5.74) is 3.26. The first-order chi connectivity index (χ1) is 13.0. The molecule has 2 aromatic carbocycles. The number of halogens is 2. The lowest BCUT2D eigenvalue weighted by molar-refractivity contribution is -0.0498. The highest BCUT2D eigenvalue weighted by Gasteiger charge is 2.20. The summed E-state index contributed by atoms with van der Waals surface area (Å²) in [6.45, 7) is -1.48. The van der Waals surface area contributed by atoms with E-state index in [1.54, 1.807) is 24.3 Å². The summed E-state index contributed by atoms with van der Waals surface area (Å²) in [5.74, 6) is 0.136. The number of hydroxylamine groups is 1. The summed E-state index contributed by atoms with van der Waals surface area (Å²) >= 11 is 0. The molecule has 0 saturated carbocycles. The number of amides is 2. The second kappa shape index (κ2) is 8.22. The van der Waals surface area contributed by atoms with Gasteiger partial charge in [-0.3, -0.25) is 5.21 Å². The molecule has 1 aliphatic rings. The van der Waals surface area contributed by atoms with Crippen LogP contribution in [0.3, 0.4) is 0 Å². The Bertz CT molecular complexity index is 817. The lowest BCUT2D eigenvalue weighted by Gasteiger charge is -2.32. The summed E-state index contributed by atoms with van der Waals surface area (Å²) in [6.07, 6.45) is 1.74. The Hall–Kier alpha value is -2.87. The third-order valence-corrected chi connectivity index (χ3v) is 4.43. The van der Waals surface area contributed by atoms with Crippen molar-refractivity contribution < 1.29 is 23.5 Å². The molecule has 6 nitrogen and oxygen atoms in total. The van der Waals surface area contributed by atoms with Crippen LogP contribution in [-0.2, 0) is 13.0 Å². The maximum Gasteiger partial charge on any atom is 0.387 e. The van der Waals surface area contributed by atoms with Crippen molar-refractivity contribution in [3.63, 3.8) is 0 Å². The van der Waals surface area contributed by atoms with Crippen molar-refractivity contribution in [1.29, 1.82) is 0 Å². The highest BCUT2D eigenvalue weighted by atomic mass is 19.3. The fourth-order valence-corrected chi connectivity index (χ4v) is 3.22. The minimum absolute atomic E-state index is 0.136. The molecule has 2 aromatic rings. The number of urea groups is 1. The number of fused-ring (bicyclic) bond motifs is 1. The smallest absolute Gasteiger partial charge is 0.387 e. The molecule has 0 aliphatic carbocycles. The first kappa shape index (κ1) is 18.9. The number of carbonyl (C=O) groups is 1. The second-order valence-electron chi connectivity index (χ2n) is 6.23. The number of carbonyl (C=O) groups excluding carboxylic acids is 1. The predicted octanol–water partition coefficient (Wildman–Crippen LogP) is 3.78. The van der Waals surface area contributed by atoms with Crippen LogP contribution >= 0.6 is 0 Å². The topological polar surface area (TPSA) is 65.0 Å². The molecule has 2 amide bonds. The monoisotopic (exact) mass is 377 g/mol. The molecule has 0 saturated heterocycles. The van der Waals surface area contributed by atoms with Crippen LogP contribution in [0.5, 0.6) is 5.75 Å². The maximum absolute atomic E-state index is 12.4. The zero-order valence-electron chi connectivity index (χ0n) is 14.9. The van der Waals surface area contributed by atoms with Gasteiger partial charge in [0.1, 0.15) is 5.75 Å². The molecule has 1 heterocycles. The van der Waals surface area contributed by atoms with E-state index in [-0.39, 0.29) is 5.75 Å². The molecule has 27 heavy (non-hydrogen) atoms. The normalized spacial score (nSPS) is 13.3. The highest BCUT2D eigenvalue weighted by Crippen LogP contribution is 2.32. The number of ether oxygens (including phenoxy) is 1. The van der Waals surface area contributed by atoms with E-state index in [2.05, 4.69) is 15.0 Å². The zero-order chi connectivity index (χ0) is 19.4. The first-order valence-electron chi connectivity index (χ1n) is 8.60. The van der Waals surface area contributed by atoms with Gasteiger partial charge in [-0.15, -0.1) is 0 Å². The van der Waals surface area contributed by atoms with Crippen LogP contribution in [0.25, 0.3) is 0 Å². The van der Waals surface area contributed by atoms with Gasteiger partial charge in [0.25, 0.3) is 0 Å². The van der Waals surface area contributed by atoms with Gasteiger partial charge in [0.05, 0.1) is 5.69 Å². The molecule has 3 rings (SSSR count). The molecular weight excluding hydrogens is 356 g/mol. The molecule has 0 aromatic heterocycles. The Morgan fingerprint density at radius 1 is 1.33 bits per heavy atom. The lowest BCUT2D eigenvalue weighted by atomic mass is 10.00. The van der Waals surface area contributed by atoms with Crippen molar-refractivity contribution in [3.05, 3.63) is 53.6 Å². The fourth-order valence-electron chi connectivity index (χ4n) is 3.22. The number of anilines is 2. The van der Waals surface area contributed by atoms with Gasteiger partial charge in [0, 0.05) is 25.8 Å². The molecule has 1 aliphatic heterocycles. The van der Waals surface area contributed by atoms with E-state index in [1.165, 1.54) is 13.1 Å². The van der Waals surface area contributed by atoms with Gasteiger partial charge in [-0.25, -0.2) is 4.79 Å². The van der Waals surface area contributed by atoms with Crippen LogP contribution in [0.15, 0.2) is 42.5 Å². The Morgan fingerprint density at radius 2 is 2.15 bits per heavy atom. The maximum atomic E-state index is 12.4. The molecule has 2 N–H and O–H groups in total. The molecule has 0 radical (unpaired) electrons. The predicted molar refractivity (Wildman–Crippen MR) is 97.6 cm³/mol. The lowest BCUT2D eigenvalue weighted by Crippen LogP contribution is -2.35. The molecule has 0 atom stereocenters. The number of hydrogen-bond acceptors (Lipinski definition) is 4. The molecular formula is C19H21F2N3O3. The number of rotatable bonds is 5. The van der Waals surface area contributed by atoms with E-state index in [1.807, 2.05) is 12.1 Å². The number of benzene rings is 2. The third-order valence-electron chi connectivity index (χ3n) is 4.43. The summed E-state index contributed by atoms with van der Waals surface area (Å²) in [5, 5.41) is 12.9. The van der Waals surface area contributed by atoms with Gasteiger partial charge >= 0.3 is 12.6 Å². The van der Waals surface area contributed by atoms with Gasteiger partial charge in [-0.1, -0.05) is 12.1 Å². The molecule has 0 bridgehead atoms. The molecule has 144 valence electrons. The van der Waals surface area contributed by atoms with Crippen LogP contribution < -0.4 is 20.0 Å². The minimum atomic E-state index is -2.85. The van der Waals surface area contributed by atoms with Crippen molar-refractivity contribution >= 4 is 17.4 Å². The summed E-state index contributed by atoms with van der Waals surface area (Å²) < 4.78 is 29.3. The number of alkyl halides is 2. The van der Waals surface area contributed by atoms with E-state index in [0.29, 0.717) is 17.3 Å². The highest BCUT2D eigenvalue weighted by molar-refractivity contribution is 5.89. The molecule has 0 unspecified atom stereocenters. The third kappa shape index (κ3) is 4.46. The van der Waals surface area contributed by atoms with E-state index in [4.69, 9.17) is 0 Å². The van der Waals surface area contributed by atoms with Crippen molar-refractivity contribution in [3.8, 4) is 5.75 Å². The summed E-state index contributed by atoms with van der Waals surface area (Å²) in [6, 6.07) is 11.4. The Labute approximate surface area is 155 Å². The van der Waals surface area contributed by atoms with Crippen LogP contribution in [-0.4, -0.2) is 31.4 Å². The second-order valence-corrected chi connectivity index (χ2v) is 6.23. The van der Waals surface area contributed by atoms with Gasteiger partial charge in [-0.05, 0) is 54.3 Å². The van der Waals surface area contributed by atoms with Gasteiger partial charge in [0.2, 0.25) is 0 Å². The largest absolute Gasteiger partial charge is 0.435 e. The van der Waals surface area contributed by atoms with Crippen molar-refractivity contribution in [2.45, 2.75) is 26.0 Å². The molecule has 0 fully saturated rings. The number of nitrogens with one attached hydrogen (secondary N) is 1. The Morgan fingerprint density at radius 3 is 2.89 bits per heavy atom. The van der Waals surface area contributed by atoms with E-state index >= 15 is 0 Å². The summed E-state index contributed by atoms with van der Waals surface area (Å²) in [7, 11) is 1.44. The van der Waals surface area contributed by atoms with Crippen LogP contribution in [0, 0.1) is 0 Å². The number of aryl methyl sites for hydroxylation is 1. The average Bonchev–Trinajstić information content (AvgIpc) is 2.66. The minimum Gasteiger partial charge on any atom is -0.435 e. The van der Waals surface area contributed by atoms with Gasteiger partial charge in [-0.2, -0.15) is 13.8 Å². The molecule has 0 spiro atoms.